The Kier molecular flexibility index (Phi) is 10.3. The van der Waals surface area contributed by atoms with E-state index in [4.69, 9.17) is 54.3 Å². The summed E-state index contributed by atoms with van der Waals surface area (Å²) in [5.74, 6) is 0. The predicted molar refractivity (Wildman–Crippen MR) is 204 cm³/mol. The van der Waals surface area contributed by atoms with Crippen LogP contribution in [0.25, 0.3) is 22.4 Å². The number of hydrogen-bond acceptors (Lipinski definition) is 9. The summed E-state index contributed by atoms with van der Waals surface area (Å²) in [4.78, 5) is 9.84. The van der Waals surface area contributed by atoms with Crippen LogP contribution in [0.2, 0.25) is 48.8 Å². The van der Waals surface area contributed by atoms with Gasteiger partial charge in [0.1, 0.15) is 18.9 Å². The molecule has 0 amide bonds. The van der Waals surface area contributed by atoms with E-state index in [1.165, 1.54) is 0 Å². The van der Waals surface area contributed by atoms with E-state index in [-0.39, 0.29) is 36.2 Å². The van der Waals surface area contributed by atoms with E-state index in [0.717, 1.165) is 22.6 Å². The van der Waals surface area contributed by atoms with Gasteiger partial charge in [-0.3, -0.25) is 4.57 Å². The molecule has 0 bridgehead atoms. The van der Waals surface area contributed by atoms with Gasteiger partial charge in [-0.25, -0.2) is 4.98 Å². The van der Waals surface area contributed by atoms with Crippen molar-refractivity contribution in [3.63, 3.8) is 0 Å². The first kappa shape index (κ1) is 37.9. The van der Waals surface area contributed by atoms with Gasteiger partial charge in [0.15, 0.2) is 20.1 Å². The number of hydrogen-bond donors (Lipinski definition) is 0. The molecule has 2 aromatic heterocycles. The highest BCUT2D eigenvalue weighted by atomic mass is 35.5. The van der Waals surface area contributed by atoms with Crippen LogP contribution >= 0.6 is 11.6 Å². The molecule has 3 aliphatic heterocycles. The average molecular weight is 744 g/mol. The van der Waals surface area contributed by atoms with Gasteiger partial charge in [0, 0.05) is 20.2 Å². The third-order valence-electron chi connectivity index (χ3n) is 11.1. The molecule has 274 valence electrons. The molecule has 14 heteroatoms. The fourth-order valence-corrected chi connectivity index (χ4v) is 8.38. The van der Waals surface area contributed by atoms with Gasteiger partial charge in [-0.2, -0.15) is 4.98 Å². The minimum Gasteiger partial charge on any atom is -0.456 e. The summed E-state index contributed by atoms with van der Waals surface area (Å²) in [5.41, 5.74) is 2.84. The van der Waals surface area contributed by atoms with Crippen LogP contribution in [0.5, 0.6) is 6.01 Å². The molecule has 6 rings (SSSR count). The van der Waals surface area contributed by atoms with E-state index in [9.17, 15) is 0 Å². The van der Waals surface area contributed by atoms with Gasteiger partial charge in [-0.05, 0) is 63.4 Å². The molecule has 4 atom stereocenters. The van der Waals surface area contributed by atoms with Crippen molar-refractivity contribution in [2.75, 3.05) is 19.8 Å². The first-order valence-electron chi connectivity index (χ1n) is 17.8. The standard InChI is InChI=1S/C36H55BClN3O7Si2/c1-34(2,3)50(11,12)46-28-21-44-30-27(20-43-31(28)30)45-33-40-32-26(41(33)22-42-17-18-49(8,9)10)19-25(38)29(39-32)23-13-15-24(16-14-23)37-47-35(4,5)36(6,7)48-37/h13-16,19,27-28,30-31H,17-18,20-22H2,1-12H3/t27?,28-,30-,31-/m1/s1. The maximum Gasteiger partial charge on any atom is 0.494 e. The van der Waals surface area contributed by atoms with E-state index >= 15 is 0 Å². The highest BCUT2D eigenvalue weighted by molar-refractivity contribution is 6.76. The number of imidazole rings is 1. The SMILES string of the molecule is CC1(C)OB(c2ccc(-c3nc4nc(OC5CO[C@H]6[C@@H]5OC[C@H]6O[Si](C)(C)C(C)(C)C)n(COCC[Si](C)(C)C)c4cc3Cl)cc2)OC1(C)C. The maximum atomic E-state index is 6.95. The Balaban J connectivity index is 1.25. The second-order valence-electron chi connectivity index (χ2n) is 17.7. The van der Waals surface area contributed by atoms with E-state index in [1.54, 1.807) is 0 Å². The van der Waals surface area contributed by atoms with Crippen molar-refractivity contribution >= 4 is 51.7 Å². The number of fused-ring (bicyclic) bond motifs is 2. The number of aromatic nitrogens is 3. The maximum absolute atomic E-state index is 6.95. The molecule has 50 heavy (non-hydrogen) atoms. The van der Waals surface area contributed by atoms with Gasteiger partial charge < -0.3 is 32.7 Å². The van der Waals surface area contributed by atoms with Gasteiger partial charge in [-0.1, -0.05) is 76.3 Å². The van der Waals surface area contributed by atoms with Crippen LogP contribution in [-0.2, 0) is 34.7 Å². The first-order chi connectivity index (χ1) is 23.2. The van der Waals surface area contributed by atoms with Crippen molar-refractivity contribution in [1.82, 2.24) is 14.5 Å². The van der Waals surface area contributed by atoms with Crippen molar-refractivity contribution in [2.24, 2.45) is 0 Å². The molecule has 3 aromatic rings. The molecule has 3 saturated heterocycles. The third kappa shape index (κ3) is 7.63. The highest BCUT2D eigenvalue weighted by Crippen LogP contribution is 2.41. The summed E-state index contributed by atoms with van der Waals surface area (Å²) >= 11 is 6.95. The largest absolute Gasteiger partial charge is 0.494 e. The number of halogens is 1. The van der Waals surface area contributed by atoms with Crippen molar-refractivity contribution < 1.29 is 32.7 Å². The Labute approximate surface area is 305 Å². The molecule has 0 radical (unpaired) electrons. The Morgan fingerprint density at radius 1 is 0.920 bits per heavy atom. The Hall–Kier alpha value is -1.81. The summed E-state index contributed by atoms with van der Waals surface area (Å²) < 4.78 is 46.5. The molecular weight excluding hydrogens is 689 g/mol. The fourth-order valence-electron chi connectivity index (χ4n) is 6.05. The van der Waals surface area contributed by atoms with Crippen LogP contribution in [0.1, 0.15) is 48.5 Å². The molecular formula is C36H55BClN3O7Si2. The molecule has 5 heterocycles. The molecule has 1 aromatic carbocycles. The molecule has 10 nitrogen and oxygen atoms in total. The van der Waals surface area contributed by atoms with Crippen LogP contribution in [0.3, 0.4) is 0 Å². The molecule has 1 unspecified atom stereocenters. The highest BCUT2D eigenvalue weighted by Gasteiger charge is 2.53. The quantitative estimate of drug-likeness (QED) is 0.148. The van der Waals surface area contributed by atoms with Gasteiger partial charge in [0.25, 0.3) is 0 Å². The normalized spacial score (nSPS) is 25.1. The molecule has 3 aliphatic rings. The first-order valence-corrected chi connectivity index (χ1v) is 24.8. The zero-order valence-corrected chi connectivity index (χ0v) is 34.6. The molecule has 0 N–H and O–H groups in total. The second kappa shape index (κ2) is 13.6. The smallest absolute Gasteiger partial charge is 0.456 e. The van der Waals surface area contributed by atoms with Crippen LogP contribution in [0, 0.1) is 0 Å². The van der Waals surface area contributed by atoms with Crippen LogP contribution in [-0.4, -0.2) is 93.5 Å². The lowest BCUT2D eigenvalue weighted by atomic mass is 9.79. The van der Waals surface area contributed by atoms with E-state index in [2.05, 4.69) is 81.2 Å². The fraction of sp³-hybridized carbons (Fsp3) is 0.667. The summed E-state index contributed by atoms with van der Waals surface area (Å²) in [6.45, 7) is 28.2. The summed E-state index contributed by atoms with van der Waals surface area (Å²) in [5, 5.41) is 0.590. The zero-order valence-electron chi connectivity index (χ0n) is 31.9. The van der Waals surface area contributed by atoms with Gasteiger partial charge >= 0.3 is 13.1 Å². The predicted octanol–water partition coefficient (Wildman–Crippen LogP) is 7.30. The lowest BCUT2D eigenvalue weighted by Crippen LogP contribution is -2.47. The number of nitrogens with zero attached hydrogens (tertiary/aromatic N) is 3. The van der Waals surface area contributed by atoms with Crippen LogP contribution in [0.15, 0.2) is 30.3 Å². The van der Waals surface area contributed by atoms with Gasteiger partial charge in [0.2, 0.25) is 0 Å². The monoisotopic (exact) mass is 743 g/mol. The molecule has 3 fully saturated rings. The molecule has 0 aliphatic carbocycles. The topological polar surface area (TPSA) is 95.3 Å². The Bertz CT molecular complexity index is 1670. The Morgan fingerprint density at radius 2 is 1.52 bits per heavy atom. The Morgan fingerprint density at radius 3 is 2.12 bits per heavy atom. The van der Waals surface area contributed by atoms with Gasteiger partial charge in [-0.15, -0.1) is 0 Å². The summed E-state index contributed by atoms with van der Waals surface area (Å²) in [6.07, 6.45) is -0.944. The van der Waals surface area contributed by atoms with E-state index in [1.807, 2.05) is 34.9 Å². The van der Waals surface area contributed by atoms with E-state index in [0.29, 0.717) is 42.2 Å². The minimum absolute atomic E-state index is 0.0856. The van der Waals surface area contributed by atoms with E-state index < -0.39 is 34.7 Å². The summed E-state index contributed by atoms with van der Waals surface area (Å²) in [7, 11) is -3.75. The number of benzene rings is 1. The number of rotatable bonds is 11. The summed E-state index contributed by atoms with van der Waals surface area (Å²) in [6, 6.07) is 11.3. The van der Waals surface area contributed by atoms with Crippen molar-refractivity contribution in [2.45, 2.75) is 135 Å². The van der Waals surface area contributed by atoms with Gasteiger partial charge in [0.05, 0.1) is 46.8 Å². The van der Waals surface area contributed by atoms with Crippen LogP contribution in [0.4, 0.5) is 0 Å². The number of pyridine rings is 1. The third-order valence-corrected chi connectivity index (χ3v) is 17.6. The zero-order chi connectivity index (χ0) is 36.4. The molecule has 0 spiro atoms. The van der Waals surface area contributed by atoms with Crippen molar-refractivity contribution in [3.8, 4) is 17.3 Å². The minimum atomic E-state index is -2.01. The lowest BCUT2D eigenvalue weighted by Gasteiger charge is -2.39. The number of ether oxygens (including phenoxy) is 4. The second-order valence-corrected chi connectivity index (χ2v) is 28.5. The van der Waals surface area contributed by atoms with Crippen molar-refractivity contribution in [3.05, 3.63) is 35.4 Å². The molecule has 0 saturated carbocycles. The lowest BCUT2D eigenvalue weighted by molar-refractivity contribution is 0.00578. The van der Waals surface area contributed by atoms with Crippen LogP contribution < -0.4 is 10.2 Å². The van der Waals surface area contributed by atoms with Crippen molar-refractivity contribution in [1.29, 1.82) is 0 Å². The average Bonchev–Trinajstić information content (AvgIpc) is 3.72.